The molecule has 0 aromatic heterocycles. The van der Waals surface area contributed by atoms with Crippen molar-refractivity contribution in [2.45, 2.75) is 76.3 Å². The lowest BCUT2D eigenvalue weighted by molar-refractivity contribution is 0.0417. The Balaban J connectivity index is 1.54. The van der Waals surface area contributed by atoms with Crippen LogP contribution in [0, 0.1) is 0 Å². The molecule has 1 saturated carbocycles. The van der Waals surface area contributed by atoms with Crippen molar-refractivity contribution in [2.75, 3.05) is 39.4 Å². The summed E-state index contributed by atoms with van der Waals surface area (Å²) in [5.41, 5.74) is 0. The molecular formula is C19H35N3O2. The van der Waals surface area contributed by atoms with Crippen LogP contribution in [0.25, 0.3) is 0 Å². The van der Waals surface area contributed by atoms with E-state index in [1.54, 1.807) is 0 Å². The lowest BCUT2D eigenvalue weighted by Crippen LogP contribution is -2.53. The van der Waals surface area contributed by atoms with Crippen molar-refractivity contribution >= 4 is 6.03 Å². The summed E-state index contributed by atoms with van der Waals surface area (Å²) >= 11 is 0. The molecular weight excluding hydrogens is 302 g/mol. The molecule has 3 fully saturated rings. The van der Waals surface area contributed by atoms with Crippen LogP contribution in [0.3, 0.4) is 0 Å². The van der Waals surface area contributed by atoms with Gasteiger partial charge in [-0.05, 0) is 51.6 Å². The summed E-state index contributed by atoms with van der Waals surface area (Å²) in [5, 5.41) is 3.33. The zero-order chi connectivity index (χ0) is 16.6. The topological polar surface area (TPSA) is 44.8 Å². The summed E-state index contributed by atoms with van der Waals surface area (Å²) in [6.45, 7) is 5.87. The minimum Gasteiger partial charge on any atom is -0.381 e. The fourth-order valence-corrected chi connectivity index (χ4v) is 4.38. The molecule has 0 aromatic rings. The predicted molar refractivity (Wildman–Crippen MR) is 96.2 cm³/mol. The smallest absolute Gasteiger partial charge is 0.317 e. The van der Waals surface area contributed by atoms with Gasteiger partial charge in [-0.15, -0.1) is 0 Å². The molecule has 2 amide bonds. The van der Waals surface area contributed by atoms with Crippen molar-refractivity contribution < 1.29 is 9.53 Å². The minimum absolute atomic E-state index is 0.172. The van der Waals surface area contributed by atoms with Crippen LogP contribution in [-0.4, -0.2) is 67.3 Å². The van der Waals surface area contributed by atoms with Gasteiger partial charge in [0.15, 0.2) is 0 Å². The van der Waals surface area contributed by atoms with Crippen molar-refractivity contribution in [1.29, 1.82) is 0 Å². The fourth-order valence-electron chi connectivity index (χ4n) is 4.38. The number of urea groups is 1. The second-order valence-corrected chi connectivity index (χ2v) is 7.72. The van der Waals surface area contributed by atoms with E-state index in [4.69, 9.17) is 4.74 Å². The van der Waals surface area contributed by atoms with E-state index in [-0.39, 0.29) is 6.03 Å². The Bertz CT molecular complexity index is 373. The van der Waals surface area contributed by atoms with E-state index in [1.807, 2.05) is 0 Å². The third-order valence-electron chi connectivity index (χ3n) is 5.93. The van der Waals surface area contributed by atoms with E-state index < -0.39 is 0 Å². The first-order valence-electron chi connectivity index (χ1n) is 10.2. The molecule has 0 unspecified atom stereocenters. The largest absolute Gasteiger partial charge is 0.381 e. The summed E-state index contributed by atoms with van der Waals surface area (Å²) in [6, 6.07) is 0.918. The number of nitrogens with one attached hydrogen (secondary N) is 1. The molecule has 1 N–H and O–H groups in total. The number of likely N-dealkylation sites (tertiary alicyclic amines) is 1. The Morgan fingerprint density at radius 3 is 2.33 bits per heavy atom. The first-order chi connectivity index (χ1) is 11.8. The van der Waals surface area contributed by atoms with Crippen LogP contribution in [0.5, 0.6) is 0 Å². The highest BCUT2D eigenvalue weighted by molar-refractivity contribution is 5.75. The standard InChI is InChI=1S/C19H35N3O2/c23-19(20-17-7-3-1-4-8-17)22(18-9-15-24-16-10-18)14-13-21-11-5-2-6-12-21/h17-18H,1-16H2,(H,20,23). The van der Waals surface area contributed by atoms with Gasteiger partial charge in [-0.1, -0.05) is 25.7 Å². The molecule has 2 saturated heterocycles. The molecule has 5 nitrogen and oxygen atoms in total. The molecule has 138 valence electrons. The number of carbonyl (C=O) groups excluding carboxylic acids is 1. The monoisotopic (exact) mass is 337 g/mol. The van der Waals surface area contributed by atoms with Crippen LogP contribution in [0.2, 0.25) is 0 Å². The number of amides is 2. The van der Waals surface area contributed by atoms with Crippen molar-refractivity contribution in [3.8, 4) is 0 Å². The van der Waals surface area contributed by atoms with Crippen molar-refractivity contribution in [2.24, 2.45) is 0 Å². The Morgan fingerprint density at radius 2 is 1.62 bits per heavy atom. The average Bonchev–Trinajstić information content (AvgIpc) is 2.64. The number of rotatable bonds is 5. The lowest BCUT2D eigenvalue weighted by Gasteiger charge is -2.37. The molecule has 2 aliphatic heterocycles. The van der Waals surface area contributed by atoms with Crippen LogP contribution in [-0.2, 0) is 4.74 Å². The maximum Gasteiger partial charge on any atom is 0.317 e. The predicted octanol–water partition coefficient (Wildman–Crippen LogP) is 3.00. The van der Waals surface area contributed by atoms with Gasteiger partial charge in [-0.2, -0.15) is 0 Å². The summed E-state index contributed by atoms with van der Waals surface area (Å²) in [5.74, 6) is 0. The quantitative estimate of drug-likeness (QED) is 0.839. The summed E-state index contributed by atoms with van der Waals surface area (Å²) < 4.78 is 5.51. The summed E-state index contributed by atoms with van der Waals surface area (Å²) in [4.78, 5) is 17.6. The molecule has 1 aliphatic carbocycles. The third kappa shape index (κ3) is 5.35. The molecule has 0 bridgehead atoms. The molecule has 0 atom stereocenters. The van der Waals surface area contributed by atoms with Crippen LogP contribution in [0.4, 0.5) is 4.79 Å². The zero-order valence-corrected chi connectivity index (χ0v) is 15.2. The van der Waals surface area contributed by atoms with Gasteiger partial charge in [0.1, 0.15) is 0 Å². The molecule has 24 heavy (non-hydrogen) atoms. The molecule has 5 heteroatoms. The molecule has 0 spiro atoms. The fraction of sp³-hybridized carbons (Fsp3) is 0.947. The molecule has 0 aromatic carbocycles. The first kappa shape index (κ1) is 18.0. The van der Waals surface area contributed by atoms with E-state index in [2.05, 4.69) is 15.1 Å². The first-order valence-corrected chi connectivity index (χ1v) is 10.2. The summed E-state index contributed by atoms with van der Waals surface area (Å²) in [7, 11) is 0. The van der Waals surface area contributed by atoms with Crippen LogP contribution in [0.15, 0.2) is 0 Å². The lowest BCUT2D eigenvalue weighted by atomic mass is 9.95. The number of ether oxygens (including phenoxy) is 1. The number of hydrogen-bond donors (Lipinski definition) is 1. The van der Waals surface area contributed by atoms with E-state index in [1.165, 1.54) is 51.6 Å². The number of nitrogens with zero attached hydrogens (tertiary/aromatic N) is 2. The van der Waals surface area contributed by atoms with E-state index in [0.717, 1.165) is 52.0 Å². The van der Waals surface area contributed by atoms with Crippen molar-refractivity contribution in [3.63, 3.8) is 0 Å². The van der Waals surface area contributed by atoms with Gasteiger partial charge in [-0.3, -0.25) is 0 Å². The number of carbonyl (C=O) groups is 1. The Kier molecular flexibility index (Phi) is 7.21. The van der Waals surface area contributed by atoms with Gasteiger partial charge in [0, 0.05) is 38.4 Å². The van der Waals surface area contributed by atoms with Gasteiger partial charge in [0.05, 0.1) is 0 Å². The normalized spacial score (nSPS) is 24.7. The van der Waals surface area contributed by atoms with Gasteiger partial charge >= 0.3 is 6.03 Å². The van der Waals surface area contributed by atoms with Gasteiger partial charge in [-0.25, -0.2) is 4.79 Å². The Labute approximate surface area is 147 Å². The maximum atomic E-state index is 12.9. The van der Waals surface area contributed by atoms with Crippen LogP contribution in [0.1, 0.15) is 64.2 Å². The number of hydrogen-bond acceptors (Lipinski definition) is 3. The Morgan fingerprint density at radius 1 is 0.958 bits per heavy atom. The second kappa shape index (κ2) is 9.62. The highest BCUT2D eigenvalue weighted by Gasteiger charge is 2.28. The maximum absolute atomic E-state index is 12.9. The Hall–Kier alpha value is -0.810. The van der Waals surface area contributed by atoms with Crippen LogP contribution >= 0.6 is 0 Å². The van der Waals surface area contributed by atoms with E-state index in [0.29, 0.717) is 12.1 Å². The minimum atomic E-state index is 0.172. The molecule has 3 aliphatic rings. The molecule has 3 rings (SSSR count). The molecule has 0 radical (unpaired) electrons. The third-order valence-corrected chi connectivity index (χ3v) is 5.93. The van der Waals surface area contributed by atoms with E-state index in [9.17, 15) is 4.79 Å². The van der Waals surface area contributed by atoms with Crippen molar-refractivity contribution in [3.05, 3.63) is 0 Å². The SMILES string of the molecule is O=C(NC1CCCCC1)N(CCN1CCCCC1)C1CCOCC1. The van der Waals surface area contributed by atoms with Gasteiger partial charge < -0.3 is 19.9 Å². The van der Waals surface area contributed by atoms with E-state index >= 15 is 0 Å². The van der Waals surface area contributed by atoms with Crippen LogP contribution < -0.4 is 5.32 Å². The van der Waals surface area contributed by atoms with Crippen molar-refractivity contribution in [1.82, 2.24) is 15.1 Å². The summed E-state index contributed by atoms with van der Waals surface area (Å²) in [6.07, 6.45) is 12.1. The number of piperidine rings is 1. The van der Waals surface area contributed by atoms with Gasteiger partial charge in [0.2, 0.25) is 0 Å². The highest BCUT2D eigenvalue weighted by atomic mass is 16.5. The molecule has 2 heterocycles. The average molecular weight is 338 g/mol. The zero-order valence-electron chi connectivity index (χ0n) is 15.2. The highest BCUT2D eigenvalue weighted by Crippen LogP contribution is 2.20. The van der Waals surface area contributed by atoms with Gasteiger partial charge in [0.25, 0.3) is 0 Å². The second-order valence-electron chi connectivity index (χ2n) is 7.72.